The highest BCUT2D eigenvalue weighted by molar-refractivity contribution is 5.38. The highest BCUT2D eigenvalue weighted by Crippen LogP contribution is 2.06. The maximum atomic E-state index is 12.0. The minimum atomic E-state index is -0.401. The van der Waals surface area contributed by atoms with Crippen LogP contribution in [0.15, 0.2) is 24.7 Å². The molecule has 0 atom stereocenters. The summed E-state index contributed by atoms with van der Waals surface area (Å²) >= 11 is 0. The molecule has 0 aliphatic rings. The van der Waals surface area contributed by atoms with Crippen molar-refractivity contribution < 1.29 is 4.39 Å². The summed E-state index contributed by atoms with van der Waals surface area (Å²) in [7, 11) is 1.88. The molecule has 0 aliphatic carbocycles. The molecule has 1 N–H and O–H groups in total. The van der Waals surface area contributed by atoms with E-state index in [1.54, 1.807) is 21.8 Å². The van der Waals surface area contributed by atoms with Crippen LogP contribution >= 0.6 is 0 Å². The third-order valence-electron chi connectivity index (χ3n) is 2.19. The fourth-order valence-corrected chi connectivity index (χ4v) is 1.41. The standard InChI is InChI=1S/C10H14FN5/c1-15-4-2-9(14-15)6-12-10-7-13-16(8-10)5-3-11/h2,4,7-8,12H,3,5-6H2,1H3. The van der Waals surface area contributed by atoms with Crippen LogP contribution < -0.4 is 5.32 Å². The van der Waals surface area contributed by atoms with Gasteiger partial charge in [-0.15, -0.1) is 0 Å². The molecular formula is C10H14FN5. The maximum Gasteiger partial charge on any atom is 0.109 e. The van der Waals surface area contributed by atoms with Gasteiger partial charge in [0.25, 0.3) is 0 Å². The number of anilines is 1. The number of aryl methyl sites for hydroxylation is 2. The molecule has 86 valence electrons. The largest absolute Gasteiger partial charge is 0.377 e. The van der Waals surface area contributed by atoms with E-state index in [1.807, 2.05) is 19.3 Å². The number of aromatic nitrogens is 4. The van der Waals surface area contributed by atoms with Crippen molar-refractivity contribution in [1.82, 2.24) is 19.6 Å². The lowest BCUT2D eigenvalue weighted by Gasteiger charge is -1.99. The predicted octanol–water partition coefficient (Wildman–Crippen LogP) is 1.20. The van der Waals surface area contributed by atoms with Gasteiger partial charge in [-0.05, 0) is 6.07 Å². The van der Waals surface area contributed by atoms with E-state index in [0.29, 0.717) is 13.1 Å². The molecule has 0 fully saturated rings. The lowest BCUT2D eigenvalue weighted by atomic mass is 10.4. The van der Waals surface area contributed by atoms with Crippen molar-refractivity contribution in [3.05, 3.63) is 30.4 Å². The Labute approximate surface area is 92.9 Å². The first-order chi connectivity index (χ1) is 7.78. The third-order valence-corrected chi connectivity index (χ3v) is 2.19. The zero-order valence-corrected chi connectivity index (χ0v) is 9.10. The van der Waals surface area contributed by atoms with Gasteiger partial charge in [0.2, 0.25) is 0 Å². The Kier molecular flexibility index (Phi) is 3.19. The van der Waals surface area contributed by atoms with Crippen molar-refractivity contribution in [2.75, 3.05) is 12.0 Å². The van der Waals surface area contributed by atoms with Crippen LogP contribution in [0, 0.1) is 0 Å². The zero-order chi connectivity index (χ0) is 11.4. The molecular weight excluding hydrogens is 209 g/mol. The van der Waals surface area contributed by atoms with Gasteiger partial charge in [-0.2, -0.15) is 10.2 Å². The minimum Gasteiger partial charge on any atom is -0.377 e. The summed E-state index contributed by atoms with van der Waals surface area (Å²) in [4.78, 5) is 0. The monoisotopic (exact) mass is 223 g/mol. The molecule has 5 nitrogen and oxygen atoms in total. The van der Waals surface area contributed by atoms with Gasteiger partial charge in [-0.25, -0.2) is 4.39 Å². The van der Waals surface area contributed by atoms with Gasteiger partial charge in [-0.3, -0.25) is 9.36 Å². The molecule has 0 aliphatic heterocycles. The first-order valence-corrected chi connectivity index (χ1v) is 5.09. The summed E-state index contributed by atoms with van der Waals surface area (Å²) in [5.41, 5.74) is 1.83. The molecule has 2 aromatic rings. The topological polar surface area (TPSA) is 47.7 Å². The summed E-state index contributed by atoms with van der Waals surface area (Å²) in [6.07, 6.45) is 5.35. The van der Waals surface area contributed by atoms with Gasteiger partial charge < -0.3 is 5.32 Å². The van der Waals surface area contributed by atoms with E-state index in [2.05, 4.69) is 15.5 Å². The Balaban J connectivity index is 1.89. The molecule has 0 aromatic carbocycles. The van der Waals surface area contributed by atoms with Gasteiger partial charge >= 0.3 is 0 Å². The quantitative estimate of drug-likeness (QED) is 0.828. The van der Waals surface area contributed by atoms with E-state index in [0.717, 1.165) is 11.4 Å². The Morgan fingerprint density at radius 2 is 2.38 bits per heavy atom. The molecule has 0 radical (unpaired) electrons. The first kappa shape index (κ1) is 10.7. The SMILES string of the molecule is Cn1ccc(CNc2cnn(CCF)c2)n1. The molecule has 0 saturated heterocycles. The summed E-state index contributed by atoms with van der Waals surface area (Å²) in [6, 6.07) is 1.94. The molecule has 0 spiro atoms. The van der Waals surface area contributed by atoms with Crippen LogP contribution in [-0.4, -0.2) is 26.2 Å². The second-order valence-electron chi connectivity index (χ2n) is 3.52. The zero-order valence-electron chi connectivity index (χ0n) is 9.10. The predicted molar refractivity (Wildman–Crippen MR) is 58.7 cm³/mol. The van der Waals surface area contributed by atoms with E-state index < -0.39 is 6.67 Å². The molecule has 0 unspecified atom stereocenters. The Morgan fingerprint density at radius 3 is 3.06 bits per heavy atom. The molecule has 2 aromatic heterocycles. The normalized spacial score (nSPS) is 10.6. The van der Waals surface area contributed by atoms with Crippen LogP contribution in [0.1, 0.15) is 5.69 Å². The van der Waals surface area contributed by atoms with E-state index >= 15 is 0 Å². The van der Waals surface area contributed by atoms with Crippen molar-refractivity contribution in [3.63, 3.8) is 0 Å². The maximum absolute atomic E-state index is 12.0. The molecule has 16 heavy (non-hydrogen) atoms. The van der Waals surface area contributed by atoms with Crippen LogP contribution in [0.3, 0.4) is 0 Å². The van der Waals surface area contributed by atoms with Crippen molar-refractivity contribution >= 4 is 5.69 Å². The lowest BCUT2D eigenvalue weighted by Crippen LogP contribution is -2.01. The highest BCUT2D eigenvalue weighted by atomic mass is 19.1. The smallest absolute Gasteiger partial charge is 0.109 e. The molecule has 0 saturated carbocycles. The molecule has 2 rings (SSSR count). The number of rotatable bonds is 5. The van der Waals surface area contributed by atoms with E-state index in [4.69, 9.17) is 0 Å². The fraction of sp³-hybridized carbons (Fsp3) is 0.400. The summed E-state index contributed by atoms with van der Waals surface area (Å²) in [5.74, 6) is 0. The van der Waals surface area contributed by atoms with E-state index in [1.165, 1.54) is 0 Å². The number of hydrogen-bond acceptors (Lipinski definition) is 3. The van der Waals surface area contributed by atoms with Crippen molar-refractivity contribution in [1.29, 1.82) is 0 Å². The molecule has 0 bridgehead atoms. The van der Waals surface area contributed by atoms with Crippen molar-refractivity contribution in [3.8, 4) is 0 Å². The van der Waals surface area contributed by atoms with Crippen LogP contribution in [0.4, 0.5) is 10.1 Å². The number of nitrogens with one attached hydrogen (secondary N) is 1. The third kappa shape index (κ3) is 2.59. The van der Waals surface area contributed by atoms with Crippen LogP contribution in [-0.2, 0) is 20.1 Å². The number of halogens is 1. The fourth-order valence-electron chi connectivity index (χ4n) is 1.41. The number of alkyl halides is 1. The van der Waals surface area contributed by atoms with Gasteiger partial charge in [-0.1, -0.05) is 0 Å². The summed E-state index contributed by atoms with van der Waals surface area (Å²) in [6.45, 7) is 0.536. The van der Waals surface area contributed by atoms with E-state index in [9.17, 15) is 4.39 Å². The Morgan fingerprint density at radius 1 is 1.50 bits per heavy atom. The second kappa shape index (κ2) is 4.78. The minimum absolute atomic E-state index is 0.297. The van der Waals surface area contributed by atoms with Gasteiger partial charge in [0.1, 0.15) is 6.67 Å². The summed E-state index contributed by atoms with van der Waals surface area (Å²) in [5, 5.41) is 11.4. The lowest BCUT2D eigenvalue weighted by molar-refractivity contribution is 0.427. The van der Waals surface area contributed by atoms with Crippen LogP contribution in [0.5, 0.6) is 0 Å². The number of hydrogen-bond donors (Lipinski definition) is 1. The van der Waals surface area contributed by atoms with Crippen molar-refractivity contribution in [2.45, 2.75) is 13.1 Å². The van der Waals surface area contributed by atoms with Crippen LogP contribution in [0.25, 0.3) is 0 Å². The van der Waals surface area contributed by atoms with Gasteiger partial charge in [0, 0.05) is 19.4 Å². The summed E-state index contributed by atoms with van der Waals surface area (Å²) < 4.78 is 15.4. The Bertz CT molecular complexity index is 448. The number of nitrogens with zero attached hydrogens (tertiary/aromatic N) is 4. The van der Waals surface area contributed by atoms with Gasteiger partial charge in [0.05, 0.1) is 30.7 Å². The molecule has 0 amide bonds. The average Bonchev–Trinajstić information content (AvgIpc) is 2.85. The van der Waals surface area contributed by atoms with Crippen LogP contribution in [0.2, 0.25) is 0 Å². The van der Waals surface area contributed by atoms with E-state index in [-0.39, 0.29) is 0 Å². The second-order valence-corrected chi connectivity index (χ2v) is 3.52. The first-order valence-electron chi connectivity index (χ1n) is 5.09. The highest BCUT2D eigenvalue weighted by Gasteiger charge is 1.99. The molecule has 2 heterocycles. The Hall–Kier alpha value is -1.85. The van der Waals surface area contributed by atoms with Gasteiger partial charge in [0.15, 0.2) is 0 Å². The van der Waals surface area contributed by atoms with Crippen molar-refractivity contribution in [2.24, 2.45) is 7.05 Å². The average molecular weight is 223 g/mol. The molecule has 6 heteroatoms.